The number of nitrogens with zero attached hydrogens (tertiary/aromatic N) is 4. The summed E-state index contributed by atoms with van der Waals surface area (Å²) in [5, 5.41) is 19.2. The van der Waals surface area contributed by atoms with Gasteiger partial charge in [0.2, 0.25) is 0 Å². The monoisotopic (exact) mass is 392 g/mol. The van der Waals surface area contributed by atoms with E-state index in [0.29, 0.717) is 19.5 Å². The maximum Gasteiger partial charge on any atom is 0.276 e. The van der Waals surface area contributed by atoms with Crippen molar-refractivity contribution in [2.24, 2.45) is 0 Å². The number of aryl methyl sites for hydroxylation is 1. The van der Waals surface area contributed by atoms with Crippen molar-refractivity contribution in [2.75, 3.05) is 20.2 Å². The lowest BCUT2D eigenvalue weighted by molar-refractivity contribution is 0.0410. The number of aromatic nitrogens is 3. The highest BCUT2D eigenvalue weighted by Crippen LogP contribution is 2.34. The second-order valence-corrected chi connectivity index (χ2v) is 7.47. The van der Waals surface area contributed by atoms with Crippen molar-refractivity contribution in [3.8, 4) is 5.75 Å². The lowest BCUT2D eigenvalue weighted by Gasteiger charge is -2.25. The van der Waals surface area contributed by atoms with Crippen LogP contribution in [0.3, 0.4) is 0 Å². The molecule has 0 spiro atoms. The van der Waals surface area contributed by atoms with Crippen molar-refractivity contribution in [2.45, 2.75) is 25.5 Å². The van der Waals surface area contributed by atoms with Gasteiger partial charge in [-0.2, -0.15) is 0 Å². The van der Waals surface area contributed by atoms with Gasteiger partial charge in [0.15, 0.2) is 5.69 Å². The summed E-state index contributed by atoms with van der Waals surface area (Å²) < 4.78 is 6.80. The van der Waals surface area contributed by atoms with Crippen LogP contribution < -0.4 is 4.74 Å². The number of hydrogen-bond acceptors (Lipinski definition) is 5. The van der Waals surface area contributed by atoms with Crippen LogP contribution in [0.2, 0.25) is 0 Å². The number of carbonyl (C=O) groups is 1. The van der Waals surface area contributed by atoms with Crippen LogP contribution in [0.15, 0.2) is 54.7 Å². The van der Waals surface area contributed by atoms with E-state index in [4.69, 9.17) is 4.74 Å². The molecule has 7 heteroatoms. The molecule has 1 fully saturated rings. The average molecular weight is 392 g/mol. The number of likely N-dealkylation sites (tertiary alicyclic amines) is 1. The largest absolute Gasteiger partial charge is 0.497 e. The number of aliphatic hydroxyl groups is 1. The van der Waals surface area contributed by atoms with E-state index in [-0.39, 0.29) is 18.1 Å². The van der Waals surface area contributed by atoms with Crippen LogP contribution in [0.25, 0.3) is 0 Å². The smallest absolute Gasteiger partial charge is 0.276 e. The predicted octanol–water partition coefficient (Wildman–Crippen LogP) is 2.38. The summed E-state index contributed by atoms with van der Waals surface area (Å²) in [6.07, 6.45) is 2.15. The van der Waals surface area contributed by atoms with Gasteiger partial charge in [-0.1, -0.05) is 41.6 Å². The zero-order valence-electron chi connectivity index (χ0n) is 16.6. The number of amides is 1. The third-order valence-electron chi connectivity index (χ3n) is 5.44. The van der Waals surface area contributed by atoms with Crippen molar-refractivity contribution in [3.05, 3.63) is 77.1 Å². The average Bonchev–Trinajstić information content (AvgIpc) is 3.36. The molecule has 4 rings (SSSR count). The standard InChI is InChI=1S/C22H24N4O3/c1-16-5-3-4-6-19(16)22(28)11-12-25(15-22)21(27)20-14-26(24-23-20)13-17-7-9-18(29-2)10-8-17/h3-10,14,28H,11-13,15H2,1-2H3/t22-/m0/s1. The molecule has 3 aromatic rings. The van der Waals surface area contributed by atoms with E-state index in [1.54, 1.807) is 22.9 Å². The minimum Gasteiger partial charge on any atom is -0.497 e. The first-order valence-electron chi connectivity index (χ1n) is 9.59. The SMILES string of the molecule is COc1ccc(Cn2cc(C(=O)N3CC[C@@](O)(c4ccccc4C)C3)nn2)cc1. The van der Waals surface area contributed by atoms with Gasteiger partial charge < -0.3 is 14.7 Å². The Morgan fingerprint density at radius 2 is 1.97 bits per heavy atom. The molecule has 0 bridgehead atoms. The fraction of sp³-hybridized carbons (Fsp3) is 0.318. The quantitative estimate of drug-likeness (QED) is 0.721. The first-order valence-corrected chi connectivity index (χ1v) is 9.59. The zero-order valence-corrected chi connectivity index (χ0v) is 16.6. The molecule has 1 amide bonds. The van der Waals surface area contributed by atoms with Gasteiger partial charge in [0.1, 0.15) is 11.4 Å². The van der Waals surface area contributed by atoms with Crippen molar-refractivity contribution >= 4 is 5.91 Å². The Morgan fingerprint density at radius 3 is 2.69 bits per heavy atom. The molecule has 1 aliphatic rings. The molecule has 2 heterocycles. The number of methoxy groups -OCH3 is 1. The van der Waals surface area contributed by atoms with Crippen LogP contribution in [0.5, 0.6) is 5.75 Å². The molecule has 0 aliphatic carbocycles. The maximum atomic E-state index is 12.9. The number of rotatable bonds is 5. The van der Waals surface area contributed by atoms with E-state index in [2.05, 4.69) is 10.3 Å². The van der Waals surface area contributed by atoms with Crippen LogP contribution in [-0.2, 0) is 12.1 Å². The Balaban J connectivity index is 1.45. The van der Waals surface area contributed by atoms with Crippen molar-refractivity contribution in [1.29, 1.82) is 0 Å². The van der Waals surface area contributed by atoms with Crippen LogP contribution >= 0.6 is 0 Å². The third-order valence-corrected chi connectivity index (χ3v) is 5.44. The van der Waals surface area contributed by atoms with Crippen LogP contribution in [0.1, 0.15) is 33.6 Å². The van der Waals surface area contributed by atoms with Gasteiger partial charge >= 0.3 is 0 Å². The van der Waals surface area contributed by atoms with Crippen LogP contribution in [0, 0.1) is 6.92 Å². The van der Waals surface area contributed by atoms with Gasteiger partial charge in [0.05, 0.1) is 26.4 Å². The Hall–Kier alpha value is -3.19. The van der Waals surface area contributed by atoms with E-state index in [1.807, 2.05) is 55.5 Å². The number of ether oxygens (including phenoxy) is 1. The third kappa shape index (κ3) is 3.86. The fourth-order valence-electron chi connectivity index (χ4n) is 3.84. The van der Waals surface area contributed by atoms with E-state index >= 15 is 0 Å². The molecule has 7 nitrogen and oxygen atoms in total. The first-order chi connectivity index (χ1) is 14.0. The summed E-state index contributed by atoms with van der Waals surface area (Å²) in [7, 11) is 1.63. The van der Waals surface area contributed by atoms with Crippen molar-refractivity contribution < 1.29 is 14.6 Å². The highest BCUT2D eigenvalue weighted by Gasteiger charge is 2.41. The fourth-order valence-corrected chi connectivity index (χ4v) is 3.84. The topological polar surface area (TPSA) is 80.5 Å². The van der Waals surface area contributed by atoms with Gasteiger partial charge in [0.25, 0.3) is 5.91 Å². The summed E-state index contributed by atoms with van der Waals surface area (Å²) in [6, 6.07) is 15.4. The lowest BCUT2D eigenvalue weighted by Crippen LogP contribution is -2.35. The first kappa shape index (κ1) is 19.1. The predicted molar refractivity (Wildman–Crippen MR) is 108 cm³/mol. The highest BCUT2D eigenvalue weighted by molar-refractivity contribution is 5.92. The normalized spacial score (nSPS) is 18.8. The van der Waals surface area contributed by atoms with E-state index in [9.17, 15) is 9.90 Å². The number of β-amino-alcohol motifs (C(OH)–C–C–N with tert-alkyl or cyclic N) is 1. The zero-order chi connectivity index (χ0) is 20.4. The van der Waals surface area contributed by atoms with Crippen molar-refractivity contribution in [1.82, 2.24) is 19.9 Å². The van der Waals surface area contributed by atoms with Gasteiger partial charge in [-0.15, -0.1) is 5.10 Å². The highest BCUT2D eigenvalue weighted by atomic mass is 16.5. The molecule has 150 valence electrons. The molecule has 0 radical (unpaired) electrons. The Kier molecular flexibility index (Phi) is 5.07. The molecule has 0 saturated carbocycles. The Labute approximate surface area is 169 Å². The van der Waals surface area contributed by atoms with Crippen LogP contribution in [-0.4, -0.2) is 51.1 Å². The van der Waals surface area contributed by atoms with E-state index in [1.165, 1.54) is 0 Å². The molecular weight excluding hydrogens is 368 g/mol. The van der Waals surface area contributed by atoms with E-state index in [0.717, 1.165) is 22.4 Å². The minimum atomic E-state index is -1.03. The molecule has 1 N–H and O–H groups in total. The van der Waals surface area contributed by atoms with Crippen molar-refractivity contribution in [3.63, 3.8) is 0 Å². The number of hydrogen-bond donors (Lipinski definition) is 1. The van der Waals surface area contributed by atoms with Crippen LogP contribution in [0.4, 0.5) is 0 Å². The van der Waals surface area contributed by atoms with E-state index < -0.39 is 5.60 Å². The summed E-state index contributed by atoms with van der Waals surface area (Å²) in [5.74, 6) is 0.578. The minimum absolute atomic E-state index is 0.213. The maximum absolute atomic E-state index is 12.9. The number of carbonyl (C=O) groups excluding carboxylic acids is 1. The van der Waals surface area contributed by atoms with Gasteiger partial charge in [-0.3, -0.25) is 4.79 Å². The molecule has 1 aromatic heterocycles. The summed E-state index contributed by atoms with van der Waals surface area (Å²) in [5.41, 5.74) is 2.19. The van der Waals surface area contributed by atoms with Gasteiger partial charge in [0, 0.05) is 6.54 Å². The molecule has 2 aromatic carbocycles. The molecule has 1 saturated heterocycles. The number of benzene rings is 2. The summed E-state index contributed by atoms with van der Waals surface area (Å²) in [6.45, 7) is 3.22. The Morgan fingerprint density at radius 1 is 1.21 bits per heavy atom. The second kappa shape index (κ2) is 7.67. The summed E-state index contributed by atoms with van der Waals surface area (Å²) >= 11 is 0. The molecule has 1 aliphatic heterocycles. The molecule has 0 unspecified atom stereocenters. The molecular formula is C22H24N4O3. The molecule has 1 atom stereocenters. The van der Waals surface area contributed by atoms with Gasteiger partial charge in [-0.25, -0.2) is 4.68 Å². The molecule has 29 heavy (non-hydrogen) atoms. The summed E-state index contributed by atoms with van der Waals surface area (Å²) in [4.78, 5) is 14.5. The second-order valence-electron chi connectivity index (χ2n) is 7.47. The lowest BCUT2D eigenvalue weighted by atomic mass is 9.89. The Bertz CT molecular complexity index is 1010. The van der Waals surface area contributed by atoms with Gasteiger partial charge in [-0.05, 0) is 42.2 Å².